The van der Waals surface area contributed by atoms with Crippen LogP contribution in [0.1, 0.15) is 42.1 Å². The van der Waals surface area contributed by atoms with Crippen molar-refractivity contribution in [3.63, 3.8) is 0 Å². The van der Waals surface area contributed by atoms with E-state index < -0.39 is 11.9 Å². The van der Waals surface area contributed by atoms with Gasteiger partial charge in [-0.1, -0.05) is 32.0 Å². The molecule has 0 saturated heterocycles. The molecule has 0 aliphatic carbocycles. The van der Waals surface area contributed by atoms with Crippen molar-refractivity contribution in [3.05, 3.63) is 53.6 Å². The Morgan fingerprint density at radius 1 is 1.07 bits per heavy atom. The average molecular weight is 371 g/mol. The minimum absolute atomic E-state index is 0.228. The van der Waals surface area contributed by atoms with E-state index in [1.165, 1.54) is 20.3 Å². The third kappa shape index (κ3) is 5.23. The standard InChI is InChI=1S/C21H25NO5/c1-5-14(2)16-8-6-7-9-18(16)22-20(23)13-27-21(24)17-11-10-15(25-3)12-19(17)26-4/h6-12,14H,5,13H2,1-4H3,(H,22,23)/t14-/m1/s1. The lowest BCUT2D eigenvalue weighted by atomic mass is 9.97. The summed E-state index contributed by atoms with van der Waals surface area (Å²) >= 11 is 0. The highest BCUT2D eigenvalue weighted by molar-refractivity contribution is 5.97. The number of carbonyl (C=O) groups is 2. The third-order valence-electron chi connectivity index (χ3n) is 4.34. The van der Waals surface area contributed by atoms with Crippen LogP contribution < -0.4 is 14.8 Å². The van der Waals surface area contributed by atoms with E-state index in [0.717, 1.165) is 17.7 Å². The minimum Gasteiger partial charge on any atom is -0.497 e. The molecule has 0 bridgehead atoms. The van der Waals surface area contributed by atoms with Gasteiger partial charge in [0.2, 0.25) is 0 Å². The van der Waals surface area contributed by atoms with Gasteiger partial charge < -0.3 is 19.5 Å². The molecule has 0 aromatic heterocycles. The summed E-state index contributed by atoms with van der Waals surface area (Å²) in [6, 6.07) is 12.4. The molecule has 1 amide bonds. The van der Waals surface area contributed by atoms with Crippen molar-refractivity contribution in [2.45, 2.75) is 26.2 Å². The van der Waals surface area contributed by atoms with Gasteiger partial charge in [-0.3, -0.25) is 4.79 Å². The first-order valence-corrected chi connectivity index (χ1v) is 8.78. The zero-order chi connectivity index (χ0) is 19.8. The minimum atomic E-state index is -0.639. The molecule has 0 fully saturated rings. The molecular formula is C21H25NO5. The van der Waals surface area contributed by atoms with Crippen molar-refractivity contribution in [2.75, 3.05) is 26.1 Å². The molecule has 0 aliphatic heterocycles. The van der Waals surface area contributed by atoms with Crippen molar-refractivity contribution in [1.29, 1.82) is 0 Å². The summed E-state index contributed by atoms with van der Waals surface area (Å²) in [4.78, 5) is 24.5. The van der Waals surface area contributed by atoms with Gasteiger partial charge in [0.1, 0.15) is 17.1 Å². The normalized spacial score (nSPS) is 11.4. The summed E-state index contributed by atoms with van der Waals surface area (Å²) in [6.45, 7) is 3.80. The van der Waals surface area contributed by atoms with E-state index in [4.69, 9.17) is 14.2 Å². The van der Waals surface area contributed by atoms with Crippen LogP contribution in [0, 0.1) is 0 Å². The number of carbonyl (C=O) groups excluding carboxylic acids is 2. The van der Waals surface area contributed by atoms with Crippen molar-refractivity contribution in [2.24, 2.45) is 0 Å². The number of anilines is 1. The first kappa shape index (κ1) is 20.3. The van der Waals surface area contributed by atoms with Gasteiger partial charge in [0.15, 0.2) is 6.61 Å². The maximum Gasteiger partial charge on any atom is 0.342 e. The molecule has 0 radical (unpaired) electrons. The molecule has 144 valence electrons. The van der Waals surface area contributed by atoms with E-state index in [1.807, 2.05) is 24.3 Å². The summed E-state index contributed by atoms with van der Waals surface area (Å²) in [6.07, 6.45) is 0.957. The molecule has 0 saturated carbocycles. The Hall–Kier alpha value is -3.02. The van der Waals surface area contributed by atoms with Crippen molar-refractivity contribution >= 4 is 17.6 Å². The number of para-hydroxylation sites is 1. The molecule has 6 nitrogen and oxygen atoms in total. The molecule has 0 aliphatic rings. The van der Waals surface area contributed by atoms with Crippen LogP contribution in [0.2, 0.25) is 0 Å². The van der Waals surface area contributed by atoms with Crippen LogP contribution in [-0.2, 0) is 9.53 Å². The van der Waals surface area contributed by atoms with Gasteiger partial charge >= 0.3 is 5.97 Å². The fourth-order valence-electron chi connectivity index (χ4n) is 2.62. The molecule has 2 aromatic carbocycles. The summed E-state index contributed by atoms with van der Waals surface area (Å²) < 4.78 is 15.4. The maximum absolute atomic E-state index is 12.3. The zero-order valence-electron chi connectivity index (χ0n) is 16.1. The molecular weight excluding hydrogens is 346 g/mol. The van der Waals surface area contributed by atoms with Gasteiger partial charge in [0.25, 0.3) is 5.91 Å². The second-order valence-electron chi connectivity index (χ2n) is 6.09. The highest BCUT2D eigenvalue weighted by atomic mass is 16.5. The number of ether oxygens (including phenoxy) is 3. The smallest absolute Gasteiger partial charge is 0.342 e. The molecule has 0 unspecified atom stereocenters. The predicted octanol–water partition coefficient (Wildman–Crippen LogP) is 4.01. The second kappa shape index (κ2) is 9.62. The zero-order valence-corrected chi connectivity index (χ0v) is 16.1. The first-order chi connectivity index (χ1) is 13.0. The monoisotopic (exact) mass is 371 g/mol. The van der Waals surface area contributed by atoms with E-state index in [0.29, 0.717) is 17.4 Å². The van der Waals surface area contributed by atoms with Crippen LogP contribution in [0.3, 0.4) is 0 Å². The number of nitrogens with one attached hydrogen (secondary N) is 1. The molecule has 0 heterocycles. The molecule has 6 heteroatoms. The Morgan fingerprint density at radius 3 is 2.48 bits per heavy atom. The largest absolute Gasteiger partial charge is 0.497 e. The van der Waals surface area contributed by atoms with Gasteiger partial charge in [-0.2, -0.15) is 0 Å². The van der Waals surface area contributed by atoms with E-state index in [1.54, 1.807) is 12.1 Å². The number of esters is 1. The number of methoxy groups -OCH3 is 2. The van der Waals surface area contributed by atoms with E-state index in [-0.39, 0.29) is 12.2 Å². The summed E-state index contributed by atoms with van der Waals surface area (Å²) in [5.74, 6) is 0.156. The van der Waals surface area contributed by atoms with Crippen molar-refractivity contribution in [1.82, 2.24) is 0 Å². The topological polar surface area (TPSA) is 73.9 Å². The van der Waals surface area contributed by atoms with Gasteiger partial charge in [0.05, 0.1) is 14.2 Å². The summed E-state index contributed by atoms with van der Waals surface area (Å²) in [7, 11) is 2.97. The maximum atomic E-state index is 12.3. The van der Waals surface area contributed by atoms with Gasteiger partial charge in [-0.25, -0.2) is 4.79 Å². The van der Waals surface area contributed by atoms with Crippen LogP contribution >= 0.6 is 0 Å². The lowest BCUT2D eigenvalue weighted by Crippen LogP contribution is -2.22. The number of hydrogen-bond acceptors (Lipinski definition) is 5. The molecule has 2 rings (SSSR count). The molecule has 1 N–H and O–H groups in total. The molecule has 1 atom stereocenters. The van der Waals surface area contributed by atoms with Crippen LogP contribution in [-0.4, -0.2) is 32.7 Å². The Balaban J connectivity index is 2.01. The SMILES string of the molecule is CC[C@@H](C)c1ccccc1NC(=O)COC(=O)c1ccc(OC)cc1OC. The third-order valence-corrected chi connectivity index (χ3v) is 4.34. The quantitative estimate of drug-likeness (QED) is 0.710. The highest BCUT2D eigenvalue weighted by Gasteiger charge is 2.17. The van der Waals surface area contributed by atoms with Gasteiger partial charge in [0, 0.05) is 11.8 Å². The van der Waals surface area contributed by atoms with E-state index >= 15 is 0 Å². The van der Waals surface area contributed by atoms with Crippen LogP contribution in [0.25, 0.3) is 0 Å². The molecule has 2 aromatic rings. The molecule has 27 heavy (non-hydrogen) atoms. The Bertz CT molecular complexity index is 803. The average Bonchev–Trinajstić information content (AvgIpc) is 2.71. The van der Waals surface area contributed by atoms with Crippen LogP contribution in [0.4, 0.5) is 5.69 Å². The number of amides is 1. The second-order valence-corrected chi connectivity index (χ2v) is 6.09. The highest BCUT2D eigenvalue weighted by Crippen LogP contribution is 2.27. The fourth-order valence-corrected chi connectivity index (χ4v) is 2.62. The summed E-state index contributed by atoms with van der Waals surface area (Å²) in [5.41, 5.74) is 2.01. The Labute approximate surface area is 159 Å². The predicted molar refractivity (Wildman–Crippen MR) is 104 cm³/mol. The number of rotatable bonds is 8. The Morgan fingerprint density at radius 2 is 1.81 bits per heavy atom. The van der Waals surface area contributed by atoms with E-state index in [2.05, 4.69) is 19.2 Å². The Kier molecular flexibility index (Phi) is 7.23. The molecule has 0 spiro atoms. The lowest BCUT2D eigenvalue weighted by Gasteiger charge is -2.15. The van der Waals surface area contributed by atoms with Gasteiger partial charge in [-0.15, -0.1) is 0 Å². The number of benzene rings is 2. The number of hydrogen-bond donors (Lipinski definition) is 1. The van der Waals surface area contributed by atoms with Crippen molar-refractivity contribution in [3.8, 4) is 11.5 Å². The lowest BCUT2D eigenvalue weighted by molar-refractivity contribution is -0.119. The first-order valence-electron chi connectivity index (χ1n) is 8.78. The van der Waals surface area contributed by atoms with E-state index in [9.17, 15) is 9.59 Å². The van der Waals surface area contributed by atoms with Gasteiger partial charge in [-0.05, 0) is 36.1 Å². The van der Waals surface area contributed by atoms with Crippen molar-refractivity contribution < 1.29 is 23.8 Å². The van der Waals surface area contributed by atoms with Crippen LogP contribution in [0.5, 0.6) is 11.5 Å². The fraction of sp³-hybridized carbons (Fsp3) is 0.333. The van der Waals surface area contributed by atoms with Crippen LogP contribution in [0.15, 0.2) is 42.5 Å². The summed E-state index contributed by atoms with van der Waals surface area (Å²) in [5, 5.41) is 2.81.